The maximum atomic E-state index is 6.01. The first-order chi connectivity index (χ1) is 8.21. The van der Waals surface area contributed by atoms with Gasteiger partial charge < -0.3 is 14.8 Å². The van der Waals surface area contributed by atoms with Gasteiger partial charge in [0, 0.05) is 25.7 Å². The van der Waals surface area contributed by atoms with Gasteiger partial charge in [-0.05, 0) is 31.7 Å². The molecule has 100 valence electrons. The van der Waals surface area contributed by atoms with Gasteiger partial charge in [0.2, 0.25) is 0 Å². The van der Waals surface area contributed by atoms with Crippen molar-refractivity contribution in [1.29, 1.82) is 0 Å². The Morgan fingerprint density at radius 1 is 1.41 bits per heavy atom. The molecule has 0 aromatic rings. The van der Waals surface area contributed by atoms with Gasteiger partial charge in [-0.25, -0.2) is 0 Å². The Labute approximate surface area is 105 Å². The molecule has 2 rings (SSSR count). The minimum Gasteiger partial charge on any atom is -0.378 e. The predicted octanol–water partition coefficient (Wildman–Crippen LogP) is 2.21. The molecule has 2 heterocycles. The van der Waals surface area contributed by atoms with Crippen LogP contribution in [0, 0.1) is 11.8 Å². The maximum Gasteiger partial charge on any atom is 0.0939 e. The molecule has 3 nitrogen and oxygen atoms in total. The van der Waals surface area contributed by atoms with Crippen molar-refractivity contribution in [3.63, 3.8) is 0 Å². The fourth-order valence-corrected chi connectivity index (χ4v) is 3.47. The molecule has 2 fully saturated rings. The van der Waals surface area contributed by atoms with Crippen LogP contribution >= 0.6 is 0 Å². The van der Waals surface area contributed by atoms with E-state index >= 15 is 0 Å². The van der Waals surface area contributed by atoms with E-state index in [0.29, 0.717) is 6.04 Å². The fourth-order valence-electron chi connectivity index (χ4n) is 3.47. The number of hydrogen-bond donors (Lipinski definition) is 1. The summed E-state index contributed by atoms with van der Waals surface area (Å²) in [6.45, 7) is 7.22. The summed E-state index contributed by atoms with van der Waals surface area (Å²) in [5.74, 6) is 1.48. The molecule has 17 heavy (non-hydrogen) atoms. The molecule has 0 amide bonds. The van der Waals surface area contributed by atoms with Crippen LogP contribution in [0.1, 0.15) is 39.5 Å². The predicted molar refractivity (Wildman–Crippen MR) is 69.1 cm³/mol. The molecule has 0 aliphatic carbocycles. The van der Waals surface area contributed by atoms with Crippen molar-refractivity contribution in [1.82, 2.24) is 5.32 Å². The molecular weight excluding hydrogens is 214 g/mol. The summed E-state index contributed by atoms with van der Waals surface area (Å²) < 4.78 is 11.6. The standard InChI is InChI=1S/C14H27NO2/c1-4-11(2)13(15-3)12-5-7-17-14(9-12)6-8-16-10-14/h11-13,15H,4-10H2,1-3H3. The number of rotatable bonds is 4. The third-order valence-electron chi connectivity index (χ3n) is 4.70. The second-order valence-electron chi connectivity index (χ2n) is 5.79. The topological polar surface area (TPSA) is 30.5 Å². The van der Waals surface area contributed by atoms with Crippen LogP contribution in [0.3, 0.4) is 0 Å². The third kappa shape index (κ3) is 2.83. The van der Waals surface area contributed by atoms with E-state index in [4.69, 9.17) is 9.47 Å². The third-order valence-corrected chi connectivity index (χ3v) is 4.70. The molecule has 2 aliphatic rings. The average Bonchev–Trinajstić information content (AvgIpc) is 2.78. The first kappa shape index (κ1) is 13.3. The maximum absolute atomic E-state index is 6.01. The first-order valence-electron chi connectivity index (χ1n) is 7.10. The van der Waals surface area contributed by atoms with Crippen molar-refractivity contribution < 1.29 is 9.47 Å². The van der Waals surface area contributed by atoms with Crippen LogP contribution in [0.5, 0.6) is 0 Å². The van der Waals surface area contributed by atoms with Gasteiger partial charge in [-0.3, -0.25) is 0 Å². The van der Waals surface area contributed by atoms with Crippen LogP contribution in [0.25, 0.3) is 0 Å². The number of ether oxygens (including phenoxy) is 2. The minimum atomic E-state index is 0.0471. The van der Waals surface area contributed by atoms with E-state index in [1.807, 2.05) is 0 Å². The van der Waals surface area contributed by atoms with Crippen molar-refractivity contribution >= 4 is 0 Å². The summed E-state index contributed by atoms with van der Waals surface area (Å²) in [6, 6.07) is 0.626. The van der Waals surface area contributed by atoms with Crippen molar-refractivity contribution in [2.75, 3.05) is 26.9 Å². The summed E-state index contributed by atoms with van der Waals surface area (Å²) in [6.07, 6.45) is 4.69. The molecular formula is C14H27NO2. The largest absolute Gasteiger partial charge is 0.378 e. The van der Waals surface area contributed by atoms with Gasteiger partial charge in [-0.1, -0.05) is 20.3 Å². The number of hydrogen-bond acceptors (Lipinski definition) is 3. The highest BCUT2D eigenvalue weighted by molar-refractivity contribution is 4.94. The molecule has 2 saturated heterocycles. The van der Waals surface area contributed by atoms with Gasteiger partial charge in [0.1, 0.15) is 0 Å². The summed E-state index contributed by atoms with van der Waals surface area (Å²) in [7, 11) is 2.10. The Bertz CT molecular complexity index is 238. The van der Waals surface area contributed by atoms with Crippen LogP contribution in [0.2, 0.25) is 0 Å². The zero-order valence-corrected chi connectivity index (χ0v) is 11.5. The van der Waals surface area contributed by atoms with Gasteiger partial charge in [0.25, 0.3) is 0 Å². The van der Waals surface area contributed by atoms with Gasteiger partial charge in [0.05, 0.1) is 12.2 Å². The quantitative estimate of drug-likeness (QED) is 0.818. The summed E-state index contributed by atoms with van der Waals surface area (Å²) in [4.78, 5) is 0. The van der Waals surface area contributed by atoms with Crippen LogP contribution in [0.4, 0.5) is 0 Å². The lowest BCUT2D eigenvalue weighted by Crippen LogP contribution is -2.48. The molecule has 4 unspecified atom stereocenters. The molecule has 0 bridgehead atoms. The molecule has 0 radical (unpaired) electrons. The lowest BCUT2D eigenvalue weighted by atomic mass is 9.77. The van der Waals surface area contributed by atoms with E-state index in [0.717, 1.165) is 38.1 Å². The summed E-state index contributed by atoms with van der Waals surface area (Å²) >= 11 is 0. The van der Waals surface area contributed by atoms with E-state index < -0.39 is 0 Å². The normalized spacial score (nSPS) is 37.2. The SMILES string of the molecule is CCC(C)C(NC)C1CCOC2(CCOC2)C1. The lowest BCUT2D eigenvalue weighted by molar-refractivity contribution is -0.105. The average molecular weight is 241 g/mol. The summed E-state index contributed by atoms with van der Waals surface area (Å²) in [5.41, 5.74) is 0.0471. The van der Waals surface area contributed by atoms with Crippen LogP contribution < -0.4 is 5.32 Å². The van der Waals surface area contributed by atoms with Gasteiger partial charge in [0.15, 0.2) is 0 Å². The Morgan fingerprint density at radius 2 is 2.24 bits per heavy atom. The lowest BCUT2D eigenvalue weighted by Gasteiger charge is -2.42. The zero-order chi connectivity index (χ0) is 12.3. The second kappa shape index (κ2) is 5.68. The van der Waals surface area contributed by atoms with E-state index in [2.05, 4.69) is 26.2 Å². The highest BCUT2D eigenvalue weighted by atomic mass is 16.6. The Hall–Kier alpha value is -0.120. The monoisotopic (exact) mass is 241 g/mol. The molecule has 1 spiro atoms. The molecule has 3 heteroatoms. The molecule has 1 N–H and O–H groups in total. The Morgan fingerprint density at radius 3 is 2.82 bits per heavy atom. The van der Waals surface area contributed by atoms with E-state index in [1.165, 1.54) is 19.3 Å². The first-order valence-corrected chi connectivity index (χ1v) is 7.10. The van der Waals surface area contributed by atoms with Gasteiger partial charge in [-0.2, -0.15) is 0 Å². The van der Waals surface area contributed by atoms with Crippen molar-refractivity contribution in [3.8, 4) is 0 Å². The Kier molecular flexibility index (Phi) is 4.45. The van der Waals surface area contributed by atoms with Crippen LogP contribution in [-0.2, 0) is 9.47 Å². The second-order valence-corrected chi connectivity index (χ2v) is 5.79. The van der Waals surface area contributed by atoms with Gasteiger partial charge in [-0.15, -0.1) is 0 Å². The smallest absolute Gasteiger partial charge is 0.0939 e. The molecule has 2 aliphatic heterocycles. The van der Waals surface area contributed by atoms with E-state index in [-0.39, 0.29) is 5.60 Å². The van der Waals surface area contributed by atoms with Crippen molar-refractivity contribution in [2.45, 2.75) is 51.2 Å². The molecule has 0 aromatic heterocycles. The number of nitrogens with one attached hydrogen (secondary N) is 1. The van der Waals surface area contributed by atoms with Gasteiger partial charge >= 0.3 is 0 Å². The van der Waals surface area contributed by atoms with E-state index in [1.54, 1.807) is 0 Å². The molecule has 4 atom stereocenters. The summed E-state index contributed by atoms with van der Waals surface area (Å²) in [5, 5.41) is 3.53. The van der Waals surface area contributed by atoms with Crippen molar-refractivity contribution in [3.05, 3.63) is 0 Å². The van der Waals surface area contributed by atoms with Crippen molar-refractivity contribution in [2.24, 2.45) is 11.8 Å². The Balaban J connectivity index is 2.00. The zero-order valence-electron chi connectivity index (χ0n) is 11.5. The highest BCUT2D eigenvalue weighted by Gasteiger charge is 2.43. The van der Waals surface area contributed by atoms with Crippen LogP contribution in [0.15, 0.2) is 0 Å². The van der Waals surface area contributed by atoms with Crippen LogP contribution in [-0.4, -0.2) is 38.5 Å². The molecule has 0 saturated carbocycles. The molecule has 0 aromatic carbocycles. The fraction of sp³-hybridized carbons (Fsp3) is 1.00. The highest BCUT2D eigenvalue weighted by Crippen LogP contribution is 2.38. The minimum absolute atomic E-state index is 0.0471. The van der Waals surface area contributed by atoms with E-state index in [9.17, 15) is 0 Å².